The first-order valence-electron chi connectivity index (χ1n) is 7.39. The number of likely N-dealkylation sites (N-methyl/N-ethyl adjacent to an activating group) is 1. The molecule has 0 aliphatic rings. The van der Waals surface area contributed by atoms with Gasteiger partial charge in [-0.25, -0.2) is 0 Å². The lowest BCUT2D eigenvalue weighted by atomic mass is 10.00. The van der Waals surface area contributed by atoms with Crippen LogP contribution in [0.4, 0.5) is 5.69 Å². The van der Waals surface area contributed by atoms with Crippen LogP contribution >= 0.6 is 0 Å². The highest BCUT2D eigenvalue weighted by Crippen LogP contribution is 2.24. The minimum Gasteiger partial charge on any atom is -0.492 e. The van der Waals surface area contributed by atoms with Crippen molar-refractivity contribution in [2.24, 2.45) is 0 Å². The van der Waals surface area contributed by atoms with Crippen molar-refractivity contribution in [1.82, 2.24) is 4.90 Å². The fourth-order valence-corrected chi connectivity index (χ4v) is 2.31. The van der Waals surface area contributed by atoms with Crippen LogP contribution in [0.3, 0.4) is 0 Å². The number of hydrogen-bond acceptors (Lipinski definition) is 5. The number of ketones is 1. The molecule has 0 bridgehead atoms. The zero-order chi connectivity index (χ0) is 16.7. The summed E-state index contributed by atoms with van der Waals surface area (Å²) in [5.41, 5.74) is 6.83. The lowest BCUT2D eigenvalue weighted by Gasteiger charge is -2.25. The highest BCUT2D eigenvalue weighted by Gasteiger charge is 2.23. The van der Waals surface area contributed by atoms with Gasteiger partial charge in [-0.05, 0) is 38.6 Å². The van der Waals surface area contributed by atoms with Gasteiger partial charge in [0.15, 0.2) is 5.78 Å². The Morgan fingerprint density at radius 2 is 2.05 bits per heavy atom. The number of nitrogens with zero attached hydrogens (tertiary/aromatic N) is 1. The largest absolute Gasteiger partial charge is 0.492 e. The van der Waals surface area contributed by atoms with Crippen LogP contribution in [0, 0.1) is 0 Å². The van der Waals surface area contributed by atoms with Crippen LogP contribution in [0.15, 0.2) is 18.2 Å². The van der Waals surface area contributed by atoms with E-state index in [0.717, 1.165) is 0 Å². The van der Waals surface area contributed by atoms with Crippen LogP contribution in [0.2, 0.25) is 0 Å². The lowest BCUT2D eigenvalue weighted by Crippen LogP contribution is -2.39. The van der Waals surface area contributed by atoms with E-state index < -0.39 is 5.97 Å². The molecule has 1 aromatic carbocycles. The third-order valence-electron chi connectivity index (χ3n) is 3.49. The number of carbonyl (C=O) groups is 2. The topological polar surface area (TPSA) is 92.9 Å². The SMILES string of the molecule is CCOc1ccc(C(=O)C(CC)N(C)CCC(=O)O)cc1N. The van der Waals surface area contributed by atoms with Crippen LogP contribution in [-0.2, 0) is 4.79 Å². The summed E-state index contributed by atoms with van der Waals surface area (Å²) in [6.45, 7) is 4.60. The molecule has 0 radical (unpaired) electrons. The molecule has 3 N–H and O–H groups in total. The summed E-state index contributed by atoms with van der Waals surface area (Å²) in [7, 11) is 1.76. The van der Waals surface area contributed by atoms with Crippen molar-refractivity contribution in [3.8, 4) is 5.75 Å². The third-order valence-corrected chi connectivity index (χ3v) is 3.49. The molecule has 1 rings (SSSR count). The molecule has 1 unspecified atom stereocenters. The Bertz CT molecular complexity index is 531. The first-order valence-corrected chi connectivity index (χ1v) is 7.39. The number of Topliss-reactive ketones (excluding diaryl/α,β-unsaturated/α-hetero) is 1. The van der Waals surface area contributed by atoms with E-state index in [9.17, 15) is 9.59 Å². The van der Waals surface area contributed by atoms with Crippen molar-refractivity contribution in [2.45, 2.75) is 32.7 Å². The van der Waals surface area contributed by atoms with Crippen LogP contribution in [0.5, 0.6) is 5.75 Å². The number of ether oxygens (including phenoxy) is 1. The van der Waals surface area contributed by atoms with Crippen LogP contribution < -0.4 is 10.5 Å². The van der Waals surface area contributed by atoms with Gasteiger partial charge < -0.3 is 15.6 Å². The number of carboxylic acids is 1. The van der Waals surface area contributed by atoms with Gasteiger partial charge in [-0.3, -0.25) is 14.5 Å². The molecule has 0 saturated carbocycles. The Labute approximate surface area is 130 Å². The number of rotatable bonds is 9. The molecule has 1 aromatic rings. The number of carboxylic acid groups (broad SMARTS) is 1. The molecule has 0 amide bonds. The molecule has 6 heteroatoms. The van der Waals surface area contributed by atoms with Gasteiger partial charge in [-0.15, -0.1) is 0 Å². The fourth-order valence-electron chi connectivity index (χ4n) is 2.31. The van der Waals surface area contributed by atoms with Gasteiger partial charge in [-0.2, -0.15) is 0 Å². The second-order valence-corrected chi connectivity index (χ2v) is 5.10. The Hall–Kier alpha value is -2.08. The highest BCUT2D eigenvalue weighted by atomic mass is 16.5. The molecule has 0 spiro atoms. The Morgan fingerprint density at radius 3 is 2.55 bits per heavy atom. The van der Waals surface area contributed by atoms with Crippen molar-refractivity contribution < 1.29 is 19.4 Å². The lowest BCUT2D eigenvalue weighted by molar-refractivity contribution is -0.137. The quantitative estimate of drug-likeness (QED) is 0.535. The molecule has 6 nitrogen and oxygen atoms in total. The average molecular weight is 308 g/mol. The van der Waals surface area contributed by atoms with Crippen molar-refractivity contribution >= 4 is 17.4 Å². The normalized spacial score (nSPS) is 12.2. The van der Waals surface area contributed by atoms with Gasteiger partial charge in [0.05, 0.1) is 24.8 Å². The smallest absolute Gasteiger partial charge is 0.304 e. The molecule has 0 saturated heterocycles. The summed E-state index contributed by atoms with van der Waals surface area (Å²) in [5, 5.41) is 8.75. The molecule has 0 heterocycles. The van der Waals surface area contributed by atoms with Crippen molar-refractivity contribution in [1.29, 1.82) is 0 Å². The van der Waals surface area contributed by atoms with E-state index >= 15 is 0 Å². The summed E-state index contributed by atoms with van der Waals surface area (Å²) < 4.78 is 5.36. The monoisotopic (exact) mass is 308 g/mol. The van der Waals surface area contributed by atoms with Crippen molar-refractivity contribution in [3.63, 3.8) is 0 Å². The number of anilines is 1. The summed E-state index contributed by atoms with van der Waals surface area (Å²) >= 11 is 0. The van der Waals surface area contributed by atoms with Crippen molar-refractivity contribution in [3.05, 3.63) is 23.8 Å². The molecule has 1 atom stereocenters. The average Bonchev–Trinajstić information content (AvgIpc) is 2.48. The second-order valence-electron chi connectivity index (χ2n) is 5.10. The molecular weight excluding hydrogens is 284 g/mol. The molecule has 0 aromatic heterocycles. The van der Waals surface area contributed by atoms with Gasteiger partial charge in [0.1, 0.15) is 5.75 Å². The van der Waals surface area contributed by atoms with Crippen LogP contribution in [0.25, 0.3) is 0 Å². The van der Waals surface area contributed by atoms with E-state index in [1.54, 1.807) is 30.1 Å². The number of aliphatic carboxylic acids is 1. The maximum absolute atomic E-state index is 12.6. The van der Waals surface area contributed by atoms with E-state index in [0.29, 0.717) is 36.6 Å². The summed E-state index contributed by atoms with van der Waals surface area (Å²) in [6, 6.07) is 4.63. The molecule has 0 aliphatic carbocycles. The minimum atomic E-state index is -0.875. The molecule has 22 heavy (non-hydrogen) atoms. The van der Waals surface area contributed by atoms with E-state index in [4.69, 9.17) is 15.6 Å². The van der Waals surface area contributed by atoms with E-state index in [1.165, 1.54) is 0 Å². The number of carbonyl (C=O) groups excluding carboxylic acids is 1. The zero-order valence-corrected chi connectivity index (χ0v) is 13.3. The maximum atomic E-state index is 12.6. The predicted octanol–water partition coefficient (Wildman–Crippen LogP) is 2.04. The standard InChI is InChI=1S/C16H24N2O4/c1-4-13(18(3)9-8-15(19)20)16(21)11-6-7-14(22-5-2)12(17)10-11/h6-7,10,13H,4-5,8-9,17H2,1-3H3,(H,19,20). The molecular formula is C16H24N2O4. The minimum absolute atomic E-state index is 0.00565. The van der Waals surface area contributed by atoms with Crippen LogP contribution in [-0.4, -0.2) is 48.0 Å². The Morgan fingerprint density at radius 1 is 1.36 bits per heavy atom. The highest BCUT2D eigenvalue weighted by molar-refractivity contribution is 6.01. The zero-order valence-electron chi connectivity index (χ0n) is 13.3. The Kier molecular flexibility index (Phi) is 6.85. The van der Waals surface area contributed by atoms with E-state index in [-0.39, 0.29) is 18.2 Å². The first-order chi connectivity index (χ1) is 10.4. The number of nitrogen functional groups attached to an aromatic ring is 1. The van der Waals surface area contributed by atoms with Gasteiger partial charge in [0, 0.05) is 12.1 Å². The molecule has 0 aliphatic heterocycles. The summed E-state index contributed by atoms with van der Waals surface area (Å²) in [5.74, 6) is -0.379. The summed E-state index contributed by atoms with van der Waals surface area (Å²) in [6.07, 6.45) is 0.605. The van der Waals surface area contributed by atoms with E-state index in [1.807, 2.05) is 13.8 Å². The maximum Gasteiger partial charge on any atom is 0.304 e. The van der Waals surface area contributed by atoms with E-state index in [2.05, 4.69) is 0 Å². The summed E-state index contributed by atoms with van der Waals surface area (Å²) in [4.78, 5) is 25.0. The first kappa shape index (κ1) is 18.0. The van der Waals surface area contributed by atoms with Gasteiger partial charge in [0.2, 0.25) is 0 Å². The van der Waals surface area contributed by atoms with Gasteiger partial charge in [-0.1, -0.05) is 6.92 Å². The number of nitrogens with two attached hydrogens (primary N) is 1. The fraction of sp³-hybridized carbons (Fsp3) is 0.500. The second kappa shape index (κ2) is 8.38. The molecule has 122 valence electrons. The van der Waals surface area contributed by atoms with Gasteiger partial charge >= 0.3 is 5.97 Å². The number of benzene rings is 1. The predicted molar refractivity (Wildman–Crippen MR) is 85.3 cm³/mol. The number of hydrogen-bond donors (Lipinski definition) is 2. The Balaban J connectivity index is 2.87. The van der Waals surface area contributed by atoms with Crippen LogP contribution in [0.1, 0.15) is 37.0 Å². The van der Waals surface area contributed by atoms with Crippen molar-refractivity contribution in [2.75, 3.05) is 25.9 Å². The van der Waals surface area contributed by atoms with Gasteiger partial charge in [0.25, 0.3) is 0 Å². The third kappa shape index (κ3) is 4.73. The molecule has 0 fully saturated rings.